The van der Waals surface area contributed by atoms with E-state index in [4.69, 9.17) is 9.84 Å². The molecule has 0 saturated heterocycles. The molecule has 7 nitrogen and oxygen atoms in total. The highest BCUT2D eigenvalue weighted by Gasteiger charge is 2.45. The number of carboxylic acids is 1. The largest absolute Gasteiger partial charge is 0.481 e. The van der Waals surface area contributed by atoms with Gasteiger partial charge >= 0.3 is 11.9 Å². The van der Waals surface area contributed by atoms with Gasteiger partial charge in [0.1, 0.15) is 6.42 Å². The van der Waals surface area contributed by atoms with Crippen molar-refractivity contribution < 1.29 is 24.4 Å². The van der Waals surface area contributed by atoms with Crippen LogP contribution >= 0.6 is 0 Å². The minimum atomic E-state index is -1.30. The molecule has 1 aliphatic carbocycles. The number of hydrogen-bond acceptors (Lipinski definition) is 5. The lowest BCUT2D eigenvalue weighted by Crippen LogP contribution is -2.47. The zero-order valence-corrected chi connectivity index (χ0v) is 7.97. The maximum absolute atomic E-state index is 11.0. The van der Waals surface area contributed by atoms with Crippen molar-refractivity contribution in [2.75, 3.05) is 6.54 Å². The second-order valence-corrected chi connectivity index (χ2v) is 3.57. The molecule has 0 atom stereocenters. The van der Waals surface area contributed by atoms with Gasteiger partial charge in [0, 0.05) is 4.92 Å². The predicted molar refractivity (Wildman–Crippen MR) is 46.8 cm³/mol. The van der Waals surface area contributed by atoms with Crippen molar-refractivity contribution in [2.24, 2.45) is 0 Å². The van der Waals surface area contributed by atoms with E-state index in [-0.39, 0.29) is 0 Å². The second-order valence-electron chi connectivity index (χ2n) is 3.57. The first-order valence-electron chi connectivity index (χ1n) is 4.49. The number of esters is 1. The Morgan fingerprint density at radius 3 is 2.40 bits per heavy atom. The quantitative estimate of drug-likeness (QED) is 0.305. The molecule has 0 amide bonds. The molecule has 0 aromatic heterocycles. The van der Waals surface area contributed by atoms with Gasteiger partial charge in [-0.05, 0) is 19.3 Å². The molecule has 1 aliphatic rings. The van der Waals surface area contributed by atoms with Gasteiger partial charge in [0.15, 0.2) is 5.60 Å². The van der Waals surface area contributed by atoms with Crippen molar-refractivity contribution in [3.63, 3.8) is 0 Å². The minimum absolute atomic E-state index is 0.430. The van der Waals surface area contributed by atoms with Gasteiger partial charge in [-0.25, -0.2) is 0 Å². The van der Waals surface area contributed by atoms with E-state index in [1.54, 1.807) is 0 Å². The predicted octanol–water partition coefficient (Wildman–Crippen LogP) is 0.204. The van der Waals surface area contributed by atoms with Gasteiger partial charge in [-0.2, -0.15) is 0 Å². The van der Waals surface area contributed by atoms with Gasteiger partial charge < -0.3 is 9.84 Å². The Kier molecular flexibility index (Phi) is 3.23. The van der Waals surface area contributed by atoms with Crippen molar-refractivity contribution in [2.45, 2.75) is 31.3 Å². The molecule has 0 radical (unpaired) electrons. The molecular formula is C8H11NO6. The molecule has 0 aromatic carbocycles. The molecule has 0 bridgehead atoms. The Balaban J connectivity index is 2.49. The summed E-state index contributed by atoms with van der Waals surface area (Å²) in [6.45, 7) is -0.446. The van der Waals surface area contributed by atoms with Crippen LogP contribution in [0.25, 0.3) is 0 Å². The van der Waals surface area contributed by atoms with Crippen molar-refractivity contribution in [1.29, 1.82) is 0 Å². The number of carbonyl (C=O) groups is 2. The van der Waals surface area contributed by atoms with E-state index < -0.39 is 35.4 Å². The summed E-state index contributed by atoms with van der Waals surface area (Å²) in [4.78, 5) is 31.0. The highest BCUT2D eigenvalue weighted by atomic mass is 16.6. The van der Waals surface area contributed by atoms with Crippen LogP contribution in [-0.2, 0) is 14.3 Å². The topological polar surface area (TPSA) is 107 Å². The fourth-order valence-corrected chi connectivity index (χ4v) is 1.50. The van der Waals surface area contributed by atoms with Gasteiger partial charge in [-0.15, -0.1) is 0 Å². The number of hydrogen-bond donors (Lipinski definition) is 1. The first-order chi connectivity index (χ1) is 6.93. The third kappa shape index (κ3) is 3.19. The summed E-state index contributed by atoms with van der Waals surface area (Å²) in [5, 5.41) is 18.6. The maximum atomic E-state index is 11.0. The summed E-state index contributed by atoms with van der Waals surface area (Å²) in [6.07, 6.45) is 0.867. The smallest absolute Gasteiger partial charge is 0.317 e. The number of carboxylic acid groups (broad SMARTS) is 1. The lowest BCUT2D eigenvalue weighted by atomic mass is 9.80. The molecule has 7 heteroatoms. The van der Waals surface area contributed by atoms with Crippen LogP contribution in [-0.4, -0.2) is 34.1 Å². The maximum Gasteiger partial charge on any atom is 0.317 e. The van der Waals surface area contributed by atoms with Crippen LogP contribution in [0.1, 0.15) is 25.7 Å². The normalized spacial score (nSPS) is 17.6. The van der Waals surface area contributed by atoms with E-state index in [0.29, 0.717) is 12.8 Å². The van der Waals surface area contributed by atoms with E-state index >= 15 is 0 Å². The van der Waals surface area contributed by atoms with E-state index in [0.717, 1.165) is 6.42 Å². The number of ether oxygens (including phenoxy) is 1. The van der Waals surface area contributed by atoms with Gasteiger partial charge in [0.2, 0.25) is 6.54 Å². The highest BCUT2D eigenvalue weighted by Crippen LogP contribution is 2.36. The van der Waals surface area contributed by atoms with Crippen molar-refractivity contribution >= 4 is 11.9 Å². The molecule has 0 spiro atoms. The van der Waals surface area contributed by atoms with E-state index in [1.165, 1.54) is 0 Å². The molecule has 0 aromatic rings. The zero-order chi connectivity index (χ0) is 11.5. The summed E-state index contributed by atoms with van der Waals surface area (Å²) in [5.41, 5.74) is -1.06. The SMILES string of the molecule is O=C(O)CC(=O)OC1(C[N+](=O)[O-])CCC1. The number of rotatable bonds is 5. The standard InChI is InChI=1S/C8H11NO6/c10-6(11)4-7(12)15-8(2-1-3-8)5-9(13)14/h1-5H2,(H,10,11). The molecule has 1 fully saturated rings. The summed E-state index contributed by atoms with van der Waals surface area (Å²) in [6, 6.07) is 0. The lowest BCUT2D eigenvalue weighted by molar-refractivity contribution is -0.504. The van der Waals surface area contributed by atoms with E-state index in [9.17, 15) is 19.7 Å². The van der Waals surface area contributed by atoms with Crippen molar-refractivity contribution in [3.05, 3.63) is 10.1 Å². The Hall–Kier alpha value is -1.66. The Morgan fingerprint density at radius 1 is 1.47 bits per heavy atom. The summed E-state index contributed by atoms with van der Waals surface area (Å²) < 4.78 is 4.83. The highest BCUT2D eigenvalue weighted by molar-refractivity contribution is 5.90. The Labute approximate surface area is 85.2 Å². The number of nitro groups is 1. The Bertz CT molecular complexity index is 296. The molecule has 1 N–H and O–H groups in total. The van der Waals surface area contributed by atoms with Crippen molar-refractivity contribution in [3.8, 4) is 0 Å². The molecule has 84 valence electrons. The number of aliphatic carboxylic acids is 1. The van der Waals surface area contributed by atoms with Gasteiger partial charge in [-0.1, -0.05) is 0 Å². The van der Waals surface area contributed by atoms with Crippen LogP contribution in [0.15, 0.2) is 0 Å². The average Bonchev–Trinajstić information content (AvgIpc) is 1.97. The fourth-order valence-electron chi connectivity index (χ4n) is 1.50. The van der Waals surface area contributed by atoms with Crippen LogP contribution in [0.2, 0.25) is 0 Å². The summed E-state index contributed by atoms with van der Waals surface area (Å²) in [7, 11) is 0. The average molecular weight is 217 g/mol. The molecule has 1 saturated carbocycles. The molecule has 1 rings (SSSR count). The second kappa shape index (κ2) is 4.24. The third-order valence-corrected chi connectivity index (χ3v) is 2.31. The van der Waals surface area contributed by atoms with Gasteiger partial charge in [-0.3, -0.25) is 19.7 Å². The van der Waals surface area contributed by atoms with Gasteiger partial charge in [0.25, 0.3) is 0 Å². The van der Waals surface area contributed by atoms with Crippen LogP contribution in [0.4, 0.5) is 0 Å². The minimum Gasteiger partial charge on any atom is -0.481 e. The molecule has 15 heavy (non-hydrogen) atoms. The fraction of sp³-hybridized carbons (Fsp3) is 0.750. The van der Waals surface area contributed by atoms with Gasteiger partial charge in [0.05, 0.1) is 0 Å². The number of carbonyl (C=O) groups excluding carboxylic acids is 1. The van der Waals surface area contributed by atoms with Crippen LogP contribution in [0.3, 0.4) is 0 Å². The van der Waals surface area contributed by atoms with Crippen LogP contribution < -0.4 is 0 Å². The van der Waals surface area contributed by atoms with Crippen LogP contribution in [0, 0.1) is 10.1 Å². The van der Waals surface area contributed by atoms with Crippen LogP contribution in [0.5, 0.6) is 0 Å². The Morgan fingerprint density at radius 2 is 2.07 bits per heavy atom. The van der Waals surface area contributed by atoms with E-state index in [2.05, 4.69) is 0 Å². The molecular weight excluding hydrogens is 206 g/mol. The molecule has 0 heterocycles. The summed E-state index contributed by atoms with van der Waals surface area (Å²) >= 11 is 0. The first-order valence-corrected chi connectivity index (χ1v) is 4.49. The first kappa shape index (κ1) is 11.4. The third-order valence-electron chi connectivity index (χ3n) is 2.31. The molecule has 0 aliphatic heterocycles. The summed E-state index contributed by atoms with van der Waals surface area (Å²) in [5.74, 6) is -2.21. The number of nitrogens with zero attached hydrogens (tertiary/aromatic N) is 1. The van der Waals surface area contributed by atoms with Crippen molar-refractivity contribution in [1.82, 2.24) is 0 Å². The lowest BCUT2D eigenvalue weighted by Gasteiger charge is -2.37. The zero-order valence-electron chi connectivity index (χ0n) is 7.97. The molecule has 0 unspecified atom stereocenters. The monoisotopic (exact) mass is 217 g/mol. The van der Waals surface area contributed by atoms with E-state index in [1.807, 2.05) is 0 Å².